The Hall–Kier alpha value is -2.74. The van der Waals surface area contributed by atoms with Gasteiger partial charge in [-0.05, 0) is 18.2 Å². The molecule has 0 saturated heterocycles. The fraction of sp³-hybridized carbons (Fsp3) is 0.316. The zero-order valence-corrected chi connectivity index (χ0v) is 16.5. The van der Waals surface area contributed by atoms with E-state index in [0.717, 1.165) is 21.8 Å². The summed E-state index contributed by atoms with van der Waals surface area (Å²) in [6, 6.07) is 12.2. The third-order valence-corrected chi connectivity index (χ3v) is 5.45. The molecule has 0 amide bonds. The molecule has 2 aromatic carbocycles. The molecule has 2 aromatic rings. The molecule has 144 valence electrons. The molecule has 27 heavy (non-hydrogen) atoms. The Morgan fingerprint density at radius 1 is 1.00 bits per heavy atom. The number of sulfonamides is 1. The van der Waals surface area contributed by atoms with E-state index in [4.69, 9.17) is 14.2 Å². The molecular weight excluding hydrogens is 368 g/mol. The van der Waals surface area contributed by atoms with Gasteiger partial charge in [-0.3, -0.25) is 0 Å². The van der Waals surface area contributed by atoms with Crippen molar-refractivity contribution in [2.24, 2.45) is 5.10 Å². The van der Waals surface area contributed by atoms with E-state index in [-0.39, 0.29) is 0 Å². The highest BCUT2D eigenvalue weighted by Crippen LogP contribution is 2.40. The Balaban J connectivity index is 2.07. The lowest BCUT2D eigenvalue weighted by Crippen LogP contribution is -2.26. The van der Waals surface area contributed by atoms with Crippen LogP contribution in [0.15, 0.2) is 47.6 Å². The van der Waals surface area contributed by atoms with Crippen molar-refractivity contribution in [2.45, 2.75) is 12.5 Å². The van der Waals surface area contributed by atoms with Crippen molar-refractivity contribution in [3.8, 4) is 17.2 Å². The maximum atomic E-state index is 12.4. The van der Waals surface area contributed by atoms with Crippen molar-refractivity contribution in [3.63, 3.8) is 0 Å². The third kappa shape index (κ3) is 3.71. The number of rotatable bonds is 6. The predicted molar refractivity (Wildman–Crippen MR) is 103 cm³/mol. The second kappa shape index (κ2) is 7.48. The van der Waals surface area contributed by atoms with E-state index in [1.807, 2.05) is 30.3 Å². The first-order chi connectivity index (χ1) is 12.9. The summed E-state index contributed by atoms with van der Waals surface area (Å²) >= 11 is 0. The highest BCUT2D eigenvalue weighted by molar-refractivity contribution is 7.88. The predicted octanol–water partition coefficient (Wildman–Crippen LogP) is 2.82. The van der Waals surface area contributed by atoms with Crippen LogP contribution < -0.4 is 14.2 Å². The van der Waals surface area contributed by atoms with E-state index in [0.29, 0.717) is 29.4 Å². The Labute approximate surface area is 159 Å². The summed E-state index contributed by atoms with van der Waals surface area (Å²) in [7, 11) is 1.12. The van der Waals surface area contributed by atoms with Crippen molar-refractivity contribution >= 4 is 15.7 Å². The van der Waals surface area contributed by atoms with E-state index in [1.165, 1.54) is 0 Å². The van der Waals surface area contributed by atoms with Crippen LogP contribution in [0.5, 0.6) is 17.2 Å². The number of benzene rings is 2. The average molecular weight is 390 g/mol. The van der Waals surface area contributed by atoms with E-state index in [1.54, 1.807) is 33.5 Å². The maximum absolute atomic E-state index is 12.4. The molecule has 0 spiro atoms. The fourth-order valence-corrected chi connectivity index (χ4v) is 4.06. The summed E-state index contributed by atoms with van der Waals surface area (Å²) in [5, 5.41) is 4.41. The Morgan fingerprint density at radius 2 is 1.70 bits per heavy atom. The van der Waals surface area contributed by atoms with Crippen LogP contribution >= 0.6 is 0 Å². The van der Waals surface area contributed by atoms with Crippen LogP contribution in [0.25, 0.3) is 0 Å². The van der Waals surface area contributed by atoms with E-state index in [9.17, 15) is 8.42 Å². The van der Waals surface area contributed by atoms with Gasteiger partial charge in [-0.25, -0.2) is 8.42 Å². The molecule has 8 heteroatoms. The second-order valence-corrected chi connectivity index (χ2v) is 7.95. The zero-order valence-electron chi connectivity index (χ0n) is 15.7. The van der Waals surface area contributed by atoms with Gasteiger partial charge >= 0.3 is 0 Å². The lowest BCUT2D eigenvalue weighted by atomic mass is 9.98. The molecule has 1 aliphatic heterocycles. The topological polar surface area (TPSA) is 77.4 Å². The van der Waals surface area contributed by atoms with Gasteiger partial charge in [0.2, 0.25) is 10.0 Å². The van der Waals surface area contributed by atoms with Crippen LogP contribution in [0.2, 0.25) is 0 Å². The summed E-state index contributed by atoms with van der Waals surface area (Å²) in [5.74, 6) is 1.84. The van der Waals surface area contributed by atoms with Crippen LogP contribution in [0.4, 0.5) is 0 Å². The molecule has 0 aliphatic carbocycles. The summed E-state index contributed by atoms with van der Waals surface area (Å²) in [4.78, 5) is 0. The highest BCUT2D eigenvalue weighted by atomic mass is 32.2. The van der Waals surface area contributed by atoms with Crippen molar-refractivity contribution in [2.75, 3.05) is 27.6 Å². The van der Waals surface area contributed by atoms with E-state index in [2.05, 4.69) is 5.10 Å². The van der Waals surface area contributed by atoms with Gasteiger partial charge in [-0.15, -0.1) is 0 Å². The SMILES string of the molecule is COc1ccc(C2=NN(S(C)(=O)=O)C(c3ccccc3OC)C2)c(OC)c1. The molecule has 1 heterocycles. The standard InChI is InChI=1S/C19H22N2O5S/c1-24-13-9-10-14(19(11-13)26-3)16-12-17(21(20-16)27(4,22)23)15-7-5-6-8-18(15)25-2/h5-11,17H,12H2,1-4H3. The van der Waals surface area contributed by atoms with Crippen LogP contribution in [-0.2, 0) is 10.0 Å². The first-order valence-corrected chi connectivity index (χ1v) is 10.2. The zero-order chi connectivity index (χ0) is 19.6. The van der Waals surface area contributed by atoms with Crippen molar-refractivity contribution in [1.82, 2.24) is 4.41 Å². The highest BCUT2D eigenvalue weighted by Gasteiger charge is 2.36. The van der Waals surface area contributed by atoms with Gasteiger partial charge in [-0.1, -0.05) is 18.2 Å². The van der Waals surface area contributed by atoms with Crippen molar-refractivity contribution in [1.29, 1.82) is 0 Å². The third-order valence-electron chi connectivity index (χ3n) is 4.43. The Morgan fingerprint density at radius 3 is 2.33 bits per heavy atom. The summed E-state index contributed by atoms with van der Waals surface area (Å²) in [6.07, 6.45) is 1.54. The molecule has 0 aromatic heterocycles. The van der Waals surface area contributed by atoms with Crippen LogP contribution in [0.1, 0.15) is 23.6 Å². The smallest absolute Gasteiger partial charge is 0.247 e. The summed E-state index contributed by atoms with van der Waals surface area (Å²) in [5.41, 5.74) is 2.11. The lowest BCUT2D eigenvalue weighted by molar-refractivity contribution is 0.352. The number of para-hydroxylation sites is 1. The largest absolute Gasteiger partial charge is 0.497 e. The lowest BCUT2D eigenvalue weighted by Gasteiger charge is -2.23. The molecular formula is C19H22N2O5S. The number of hydrogen-bond donors (Lipinski definition) is 0. The quantitative estimate of drug-likeness (QED) is 0.758. The molecule has 0 N–H and O–H groups in total. The first-order valence-electron chi connectivity index (χ1n) is 8.31. The van der Waals surface area contributed by atoms with Crippen LogP contribution in [0.3, 0.4) is 0 Å². The first kappa shape index (κ1) is 19.0. The monoisotopic (exact) mass is 390 g/mol. The molecule has 3 rings (SSSR count). The van der Waals surface area contributed by atoms with Gasteiger partial charge in [0.05, 0.1) is 39.3 Å². The molecule has 0 bridgehead atoms. The molecule has 0 saturated carbocycles. The van der Waals surface area contributed by atoms with Crippen LogP contribution in [-0.4, -0.2) is 46.1 Å². The van der Waals surface area contributed by atoms with Gasteiger partial charge in [0.15, 0.2) is 0 Å². The number of ether oxygens (including phenoxy) is 3. The number of hydrazone groups is 1. The minimum absolute atomic E-state index is 0.399. The molecule has 0 radical (unpaired) electrons. The number of hydrogen-bond acceptors (Lipinski definition) is 6. The molecule has 1 unspecified atom stereocenters. The summed E-state index contributed by atoms with van der Waals surface area (Å²) < 4.78 is 42.0. The minimum Gasteiger partial charge on any atom is -0.497 e. The Bertz CT molecular complexity index is 972. The second-order valence-electron chi connectivity index (χ2n) is 6.11. The average Bonchev–Trinajstić information content (AvgIpc) is 3.12. The number of methoxy groups -OCH3 is 3. The normalized spacial score (nSPS) is 16.8. The summed E-state index contributed by atoms with van der Waals surface area (Å²) in [6.45, 7) is 0. The van der Waals surface area contributed by atoms with E-state index < -0.39 is 16.1 Å². The molecule has 1 atom stereocenters. The molecule has 0 fully saturated rings. The van der Waals surface area contributed by atoms with Gasteiger partial charge in [0.1, 0.15) is 17.2 Å². The number of nitrogens with zero attached hydrogens (tertiary/aromatic N) is 2. The van der Waals surface area contributed by atoms with Gasteiger partial charge in [0, 0.05) is 23.6 Å². The minimum atomic E-state index is -3.57. The van der Waals surface area contributed by atoms with Gasteiger partial charge in [0.25, 0.3) is 0 Å². The van der Waals surface area contributed by atoms with Crippen molar-refractivity contribution < 1.29 is 22.6 Å². The molecule has 7 nitrogen and oxygen atoms in total. The van der Waals surface area contributed by atoms with Crippen molar-refractivity contribution in [3.05, 3.63) is 53.6 Å². The Kier molecular flexibility index (Phi) is 5.27. The maximum Gasteiger partial charge on any atom is 0.247 e. The fourth-order valence-electron chi connectivity index (χ4n) is 3.17. The van der Waals surface area contributed by atoms with Gasteiger partial charge in [-0.2, -0.15) is 9.52 Å². The van der Waals surface area contributed by atoms with Crippen LogP contribution in [0, 0.1) is 0 Å². The molecule has 1 aliphatic rings. The van der Waals surface area contributed by atoms with E-state index >= 15 is 0 Å². The van der Waals surface area contributed by atoms with Gasteiger partial charge < -0.3 is 14.2 Å².